The number of para-hydroxylation sites is 2. The third kappa shape index (κ3) is 4.32. The van der Waals surface area contributed by atoms with Gasteiger partial charge < -0.3 is 10.1 Å². The molecule has 0 aliphatic carbocycles. The molecule has 0 aliphatic heterocycles. The molecule has 0 radical (unpaired) electrons. The van der Waals surface area contributed by atoms with Crippen LogP contribution in [0.5, 0.6) is 5.75 Å². The lowest BCUT2D eigenvalue weighted by atomic mass is 10.2. The van der Waals surface area contributed by atoms with E-state index in [0.717, 1.165) is 5.56 Å². The molecular formula is C20H16ClN5O3S. The molecule has 0 unspecified atom stereocenters. The molecule has 2 heterocycles. The smallest absolute Gasteiger partial charge is 0.266 e. The van der Waals surface area contributed by atoms with Crippen LogP contribution in [0.2, 0.25) is 5.02 Å². The molecule has 10 heteroatoms. The van der Waals surface area contributed by atoms with Gasteiger partial charge in [0.05, 0.1) is 18.6 Å². The fourth-order valence-electron chi connectivity index (χ4n) is 2.77. The van der Waals surface area contributed by atoms with Crippen molar-refractivity contribution in [3.63, 3.8) is 0 Å². The lowest BCUT2D eigenvalue weighted by Gasteiger charge is -2.10. The number of benzene rings is 2. The first-order chi connectivity index (χ1) is 14.5. The Hall–Kier alpha value is -3.30. The molecule has 0 saturated heterocycles. The van der Waals surface area contributed by atoms with E-state index < -0.39 is 0 Å². The monoisotopic (exact) mass is 441 g/mol. The second-order valence-electron chi connectivity index (χ2n) is 6.19. The van der Waals surface area contributed by atoms with Crippen molar-refractivity contribution in [3.05, 3.63) is 70.0 Å². The molecule has 0 atom stereocenters. The Labute approximate surface area is 180 Å². The van der Waals surface area contributed by atoms with Gasteiger partial charge in [0.2, 0.25) is 5.91 Å². The van der Waals surface area contributed by atoms with Gasteiger partial charge in [0.25, 0.3) is 5.56 Å². The van der Waals surface area contributed by atoms with Crippen LogP contribution in [0.25, 0.3) is 17.0 Å². The Balaban J connectivity index is 1.59. The Kier molecular flexibility index (Phi) is 5.73. The number of amides is 1. The highest BCUT2D eigenvalue weighted by Gasteiger charge is 2.14. The minimum Gasteiger partial charge on any atom is -0.495 e. The van der Waals surface area contributed by atoms with E-state index in [4.69, 9.17) is 16.3 Å². The van der Waals surface area contributed by atoms with Crippen LogP contribution >= 0.6 is 23.4 Å². The first-order valence-electron chi connectivity index (χ1n) is 8.85. The molecule has 2 aromatic heterocycles. The Morgan fingerprint density at radius 2 is 1.97 bits per heavy atom. The fourth-order valence-corrected chi connectivity index (χ4v) is 3.65. The van der Waals surface area contributed by atoms with Gasteiger partial charge in [-0.05, 0) is 36.4 Å². The van der Waals surface area contributed by atoms with Crippen molar-refractivity contribution in [1.29, 1.82) is 0 Å². The SMILES string of the molecule is COc1ccccc1NC(=O)CSc1nc(-c2ccc(Cl)cc2)nc2cc(=O)[nH]n12. The van der Waals surface area contributed by atoms with E-state index in [1.54, 1.807) is 36.4 Å². The maximum absolute atomic E-state index is 12.5. The normalized spacial score (nSPS) is 10.9. The summed E-state index contributed by atoms with van der Waals surface area (Å²) >= 11 is 7.13. The Morgan fingerprint density at radius 3 is 2.73 bits per heavy atom. The van der Waals surface area contributed by atoms with E-state index in [1.807, 2.05) is 12.1 Å². The number of rotatable bonds is 6. The largest absolute Gasteiger partial charge is 0.495 e. The summed E-state index contributed by atoms with van der Waals surface area (Å²) in [5.74, 6) is 0.835. The second-order valence-corrected chi connectivity index (χ2v) is 7.57. The lowest BCUT2D eigenvalue weighted by Crippen LogP contribution is -2.15. The van der Waals surface area contributed by atoms with Crippen molar-refractivity contribution in [2.24, 2.45) is 0 Å². The van der Waals surface area contributed by atoms with Crippen LogP contribution in [0.3, 0.4) is 0 Å². The number of halogens is 1. The van der Waals surface area contributed by atoms with Crippen molar-refractivity contribution in [2.75, 3.05) is 18.2 Å². The van der Waals surface area contributed by atoms with E-state index in [2.05, 4.69) is 20.4 Å². The maximum Gasteiger partial charge on any atom is 0.266 e. The number of fused-ring (bicyclic) bond motifs is 1. The number of hydrogen-bond acceptors (Lipinski definition) is 6. The van der Waals surface area contributed by atoms with E-state index >= 15 is 0 Å². The van der Waals surface area contributed by atoms with Crippen LogP contribution in [-0.2, 0) is 4.79 Å². The number of H-pyrrole nitrogens is 1. The minimum atomic E-state index is -0.308. The molecule has 152 valence electrons. The van der Waals surface area contributed by atoms with Gasteiger partial charge in [-0.3, -0.25) is 14.7 Å². The number of hydrogen-bond donors (Lipinski definition) is 2. The molecule has 2 N–H and O–H groups in total. The number of ether oxygens (including phenoxy) is 1. The van der Waals surface area contributed by atoms with Crippen molar-refractivity contribution >= 4 is 40.6 Å². The molecular weight excluding hydrogens is 426 g/mol. The van der Waals surface area contributed by atoms with Crippen LogP contribution < -0.4 is 15.6 Å². The lowest BCUT2D eigenvalue weighted by molar-refractivity contribution is -0.113. The summed E-state index contributed by atoms with van der Waals surface area (Å²) in [7, 11) is 1.54. The van der Waals surface area contributed by atoms with Gasteiger partial charge in [-0.25, -0.2) is 14.5 Å². The molecule has 0 bridgehead atoms. The summed E-state index contributed by atoms with van der Waals surface area (Å²) in [5, 5.41) is 6.49. The standard InChI is InChI=1S/C20H16ClN5O3S/c1-29-15-5-3-2-4-14(15)22-18(28)11-30-20-24-19(12-6-8-13(21)9-7-12)23-16-10-17(27)25-26(16)20/h2-10H,11H2,1H3,(H,22,28)(H,25,27). The molecule has 30 heavy (non-hydrogen) atoms. The summed E-state index contributed by atoms with van der Waals surface area (Å²) in [4.78, 5) is 33.2. The summed E-state index contributed by atoms with van der Waals surface area (Å²) in [6.07, 6.45) is 0. The van der Waals surface area contributed by atoms with Crippen molar-refractivity contribution < 1.29 is 9.53 Å². The number of nitrogens with zero attached hydrogens (tertiary/aromatic N) is 3. The number of aromatic nitrogens is 4. The third-order valence-electron chi connectivity index (χ3n) is 4.14. The molecule has 1 amide bonds. The highest BCUT2D eigenvalue weighted by molar-refractivity contribution is 7.99. The predicted molar refractivity (Wildman–Crippen MR) is 116 cm³/mol. The molecule has 2 aromatic carbocycles. The van der Waals surface area contributed by atoms with E-state index in [-0.39, 0.29) is 17.2 Å². The van der Waals surface area contributed by atoms with Crippen molar-refractivity contribution in [3.8, 4) is 17.1 Å². The summed E-state index contributed by atoms with van der Waals surface area (Å²) in [6.45, 7) is 0. The Bertz CT molecular complexity index is 1270. The van der Waals surface area contributed by atoms with Crippen LogP contribution in [0.1, 0.15) is 0 Å². The molecule has 0 spiro atoms. The molecule has 4 aromatic rings. The first kappa shape index (κ1) is 20.0. The highest BCUT2D eigenvalue weighted by atomic mass is 35.5. The number of anilines is 1. The highest BCUT2D eigenvalue weighted by Crippen LogP contribution is 2.25. The molecule has 4 rings (SSSR count). The Morgan fingerprint density at radius 1 is 1.20 bits per heavy atom. The number of carbonyl (C=O) groups excluding carboxylic acids is 1. The van der Waals surface area contributed by atoms with Crippen LogP contribution in [0.15, 0.2) is 64.5 Å². The van der Waals surface area contributed by atoms with Gasteiger partial charge in [-0.15, -0.1) is 0 Å². The van der Waals surface area contributed by atoms with Gasteiger partial charge in [-0.1, -0.05) is 35.5 Å². The topological polar surface area (TPSA) is 101 Å². The maximum atomic E-state index is 12.5. The zero-order valence-corrected chi connectivity index (χ0v) is 17.3. The average Bonchev–Trinajstić information content (AvgIpc) is 3.13. The van der Waals surface area contributed by atoms with Gasteiger partial charge in [-0.2, -0.15) is 0 Å². The average molecular weight is 442 g/mol. The van der Waals surface area contributed by atoms with E-state index in [0.29, 0.717) is 33.1 Å². The molecule has 0 saturated carbocycles. The van der Waals surface area contributed by atoms with E-state index in [9.17, 15) is 9.59 Å². The summed E-state index contributed by atoms with van der Waals surface area (Å²) < 4.78 is 6.71. The summed E-state index contributed by atoms with van der Waals surface area (Å²) in [6, 6.07) is 15.6. The van der Waals surface area contributed by atoms with E-state index in [1.165, 1.54) is 29.5 Å². The van der Waals surface area contributed by atoms with Gasteiger partial charge in [0, 0.05) is 16.7 Å². The van der Waals surface area contributed by atoms with Crippen LogP contribution in [0, 0.1) is 0 Å². The summed E-state index contributed by atoms with van der Waals surface area (Å²) in [5.41, 5.74) is 1.43. The zero-order valence-electron chi connectivity index (χ0n) is 15.8. The fraction of sp³-hybridized carbons (Fsp3) is 0.100. The number of carbonyl (C=O) groups is 1. The van der Waals surface area contributed by atoms with Gasteiger partial charge in [0.15, 0.2) is 16.6 Å². The number of thioether (sulfide) groups is 1. The predicted octanol–water partition coefficient (Wildman–Crippen LogP) is 3.48. The van der Waals surface area contributed by atoms with Crippen molar-refractivity contribution in [2.45, 2.75) is 5.16 Å². The number of methoxy groups -OCH3 is 1. The van der Waals surface area contributed by atoms with Crippen LogP contribution in [0.4, 0.5) is 5.69 Å². The van der Waals surface area contributed by atoms with Gasteiger partial charge >= 0.3 is 0 Å². The molecule has 8 nitrogen and oxygen atoms in total. The molecule has 0 aliphatic rings. The van der Waals surface area contributed by atoms with Crippen molar-refractivity contribution in [1.82, 2.24) is 19.6 Å². The minimum absolute atomic E-state index is 0.0738. The zero-order chi connectivity index (χ0) is 21.1. The van der Waals surface area contributed by atoms with Gasteiger partial charge in [0.1, 0.15) is 5.75 Å². The number of nitrogens with one attached hydrogen (secondary N) is 2. The third-order valence-corrected chi connectivity index (χ3v) is 5.33. The second kappa shape index (κ2) is 8.60. The number of aromatic amines is 1. The quantitative estimate of drug-likeness (QED) is 0.444. The van der Waals surface area contributed by atoms with Crippen LogP contribution in [-0.4, -0.2) is 38.4 Å². The first-order valence-corrected chi connectivity index (χ1v) is 10.2. The molecule has 0 fully saturated rings.